The molecular formula is C12H26N2O. The second-order valence-corrected chi connectivity index (χ2v) is 4.66. The van der Waals surface area contributed by atoms with Gasteiger partial charge in [-0.3, -0.25) is 0 Å². The van der Waals surface area contributed by atoms with Crippen molar-refractivity contribution in [2.75, 3.05) is 13.2 Å². The smallest absolute Gasteiger partial charge is 0.0843 e. The molecule has 15 heavy (non-hydrogen) atoms. The second kappa shape index (κ2) is 6.26. The summed E-state index contributed by atoms with van der Waals surface area (Å²) < 4.78 is 5.78. The van der Waals surface area contributed by atoms with Crippen LogP contribution in [0.25, 0.3) is 0 Å². The van der Waals surface area contributed by atoms with E-state index < -0.39 is 0 Å². The first-order valence-corrected chi connectivity index (χ1v) is 5.65. The van der Waals surface area contributed by atoms with E-state index in [2.05, 4.69) is 13.5 Å². The van der Waals surface area contributed by atoms with Crippen molar-refractivity contribution in [3.05, 3.63) is 12.7 Å². The van der Waals surface area contributed by atoms with Gasteiger partial charge in [0.25, 0.3) is 0 Å². The minimum absolute atomic E-state index is 0.134. The Morgan fingerprint density at radius 2 is 1.93 bits per heavy atom. The molecule has 0 aromatic rings. The third-order valence-corrected chi connectivity index (χ3v) is 2.99. The van der Waals surface area contributed by atoms with Gasteiger partial charge >= 0.3 is 0 Å². The molecule has 0 aliphatic carbocycles. The normalized spacial score (nSPS) is 19.3. The molecule has 0 saturated heterocycles. The summed E-state index contributed by atoms with van der Waals surface area (Å²) >= 11 is 0. The molecule has 2 unspecified atom stereocenters. The van der Waals surface area contributed by atoms with Gasteiger partial charge in [0.2, 0.25) is 0 Å². The van der Waals surface area contributed by atoms with Gasteiger partial charge in [-0.05, 0) is 39.7 Å². The average molecular weight is 214 g/mol. The van der Waals surface area contributed by atoms with Crippen molar-refractivity contribution in [2.45, 2.75) is 51.2 Å². The maximum Gasteiger partial charge on any atom is 0.0843 e. The molecule has 0 spiro atoms. The van der Waals surface area contributed by atoms with E-state index in [1.54, 1.807) is 0 Å². The molecule has 0 rings (SSSR count). The van der Waals surface area contributed by atoms with Crippen LogP contribution < -0.4 is 11.5 Å². The lowest BCUT2D eigenvalue weighted by atomic mass is 9.96. The summed E-state index contributed by atoms with van der Waals surface area (Å²) in [5.74, 6) is 0. The lowest BCUT2D eigenvalue weighted by Crippen LogP contribution is -2.38. The Balaban J connectivity index is 3.97. The van der Waals surface area contributed by atoms with Crippen LogP contribution in [0.1, 0.15) is 40.0 Å². The van der Waals surface area contributed by atoms with Crippen molar-refractivity contribution in [3.63, 3.8) is 0 Å². The molecule has 0 aliphatic heterocycles. The summed E-state index contributed by atoms with van der Waals surface area (Å²) in [5, 5.41) is 0. The average Bonchev–Trinajstić information content (AvgIpc) is 2.18. The molecule has 2 atom stereocenters. The van der Waals surface area contributed by atoms with Crippen LogP contribution in [0, 0.1) is 0 Å². The molecule has 0 aliphatic rings. The van der Waals surface area contributed by atoms with Crippen LogP contribution >= 0.6 is 0 Å². The summed E-state index contributed by atoms with van der Waals surface area (Å²) in [6, 6.07) is 0. The van der Waals surface area contributed by atoms with E-state index in [0.29, 0.717) is 13.2 Å². The van der Waals surface area contributed by atoms with Crippen LogP contribution in [-0.2, 0) is 4.74 Å². The largest absolute Gasteiger partial charge is 0.371 e. The van der Waals surface area contributed by atoms with Crippen molar-refractivity contribution in [1.29, 1.82) is 0 Å². The van der Waals surface area contributed by atoms with Crippen LogP contribution in [0.15, 0.2) is 12.7 Å². The maximum absolute atomic E-state index is 6.03. The second-order valence-electron chi connectivity index (χ2n) is 4.66. The first-order chi connectivity index (χ1) is 6.89. The monoisotopic (exact) mass is 214 g/mol. The highest BCUT2D eigenvalue weighted by atomic mass is 16.5. The molecule has 90 valence electrons. The topological polar surface area (TPSA) is 61.3 Å². The Morgan fingerprint density at radius 1 is 1.33 bits per heavy atom. The molecule has 3 nitrogen and oxygen atoms in total. The number of nitrogens with two attached hydrogens (primary N) is 2. The van der Waals surface area contributed by atoms with Crippen LogP contribution in [0.3, 0.4) is 0 Å². The van der Waals surface area contributed by atoms with Gasteiger partial charge in [-0.2, -0.15) is 0 Å². The number of ether oxygens (including phenoxy) is 1. The first-order valence-electron chi connectivity index (χ1n) is 5.65. The highest BCUT2D eigenvalue weighted by Gasteiger charge is 2.22. The summed E-state index contributed by atoms with van der Waals surface area (Å²) in [6.07, 6.45) is 4.43. The predicted octanol–water partition coefficient (Wildman–Crippen LogP) is 1.81. The molecule has 0 aromatic carbocycles. The SMILES string of the molecule is C=CC(C)(CCN)OCCC(C)(N)CC. The Kier molecular flexibility index (Phi) is 6.10. The van der Waals surface area contributed by atoms with Gasteiger partial charge in [0, 0.05) is 12.1 Å². The molecule has 0 saturated carbocycles. The zero-order valence-corrected chi connectivity index (χ0v) is 10.4. The van der Waals surface area contributed by atoms with E-state index in [1.165, 1.54) is 0 Å². The quantitative estimate of drug-likeness (QED) is 0.606. The van der Waals surface area contributed by atoms with Gasteiger partial charge in [-0.15, -0.1) is 6.58 Å². The zero-order chi connectivity index (χ0) is 11.9. The van der Waals surface area contributed by atoms with E-state index >= 15 is 0 Å². The highest BCUT2D eigenvalue weighted by molar-refractivity contribution is 4.94. The van der Waals surface area contributed by atoms with Crippen molar-refractivity contribution >= 4 is 0 Å². The molecule has 0 heterocycles. The summed E-state index contributed by atoms with van der Waals surface area (Å²) in [6.45, 7) is 11.2. The summed E-state index contributed by atoms with van der Waals surface area (Å²) in [4.78, 5) is 0. The lowest BCUT2D eigenvalue weighted by Gasteiger charge is -2.29. The molecule has 3 heteroatoms. The third kappa shape index (κ3) is 5.92. The number of hydrogen-bond acceptors (Lipinski definition) is 3. The molecule has 0 amide bonds. The lowest BCUT2D eigenvalue weighted by molar-refractivity contribution is -0.00634. The zero-order valence-electron chi connectivity index (χ0n) is 10.4. The first kappa shape index (κ1) is 14.6. The fourth-order valence-corrected chi connectivity index (χ4v) is 1.21. The maximum atomic E-state index is 6.03. The molecular weight excluding hydrogens is 188 g/mol. The Bertz CT molecular complexity index is 192. The van der Waals surface area contributed by atoms with Crippen molar-refractivity contribution in [3.8, 4) is 0 Å². The van der Waals surface area contributed by atoms with Gasteiger partial charge in [-0.1, -0.05) is 13.0 Å². The van der Waals surface area contributed by atoms with E-state index in [1.807, 2.05) is 19.9 Å². The summed E-state index contributed by atoms with van der Waals surface area (Å²) in [7, 11) is 0. The Hall–Kier alpha value is -0.380. The van der Waals surface area contributed by atoms with Crippen molar-refractivity contribution in [1.82, 2.24) is 0 Å². The fraction of sp³-hybridized carbons (Fsp3) is 0.833. The van der Waals surface area contributed by atoms with Gasteiger partial charge < -0.3 is 16.2 Å². The molecule has 0 fully saturated rings. The minimum atomic E-state index is -0.307. The number of rotatable bonds is 8. The van der Waals surface area contributed by atoms with Crippen molar-refractivity contribution < 1.29 is 4.74 Å². The molecule has 4 N–H and O–H groups in total. The van der Waals surface area contributed by atoms with Gasteiger partial charge in [0.15, 0.2) is 0 Å². The Morgan fingerprint density at radius 3 is 2.33 bits per heavy atom. The van der Waals surface area contributed by atoms with E-state index in [4.69, 9.17) is 16.2 Å². The fourth-order valence-electron chi connectivity index (χ4n) is 1.21. The molecule has 0 aromatic heterocycles. The van der Waals surface area contributed by atoms with Crippen LogP contribution in [-0.4, -0.2) is 24.3 Å². The van der Waals surface area contributed by atoms with E-state index in [9.17, 15) is 0 Å². The van der Waals surface area contributed by atoms with E-state index in [-0.39, 0.29) is 11.1 Å². The van der Waals surface area contributed by atoms with Crippen LogP contribution in [0.2, 0.25) is 0 Å². The Labute approximate surface area is 93.9 Å². The highest BCUT2D eigenvalue weighted by Crippen LogP contribution is 2.18. The van der Waals surface area contributed by atoms with E-state index in [0.717, 1.165) is 19.3 Å². The molecule has 0 radical (unpaired) electrons. The summed E-state index contributed by atoms with van der Waals surface area (Å²) in [5.41, 5.74) is 11.1. The molecule has 0 bridgehead atoms. The van der Waals surface area contributed by atoms with Gasteiger partial charge in [-0.25, -0.2) is 0 Å². The minimum Gasteiger partial charge on any atom is -0.371 e. The van der Waals surface area contributed by atoms with Gasteiger partial charge in [0.1, 0.15) is 0 Å². The predicted molar refractivity (Wildman–Crippen MR) is 65.7 cm³/mol. The van der Waals surface area contributed by atoms with Crippen LogP contribution in [0.5, 0.6) is 0 Å². The standard InChI is InChI=1S/C12H26N2O/c1-5-11(3,14)8-10-15-12(4,6-2)7-9-13/h6H,2,5,7-10,13-14H2,1,3-4H3. The third-order valence-electron chi connectivity index (χ3n) is 2.99. The van der Waals surface area contributed by atoms with Crippen LogP contribution in [0.4, 0.5) is 0 Å². The number of hydrogen-bond donors (Lipinski definition) is 2. The van der Waals surface area contributed by atoms with Gasteiger partial charge in [0.05, 0.1) is 5.60 Å². The van der Waals surface area contributed by atoms with Crippen molar-refractivity contribution in [2.24, 2.45) is 11.5 Å².